The Labute approximate surface area is 169 Å². The van der Waals surface area contributed by atoms with Crippen molar-refractivity contribution in [3.8, 4) is 5.75 Å². The molecule has 2 rings (SSSR count). The minimum absolute atomic E-state index is 0.0233. The molecule has 0 bridgehead atoms. The molecule has 1 amide bonds. The number of ether oxygens (including phenoxy) is 1. The number of hydrazone groups is 1. The van der Waals surface area contributed by atoms with Crippen LogP contribution in [0.15, 0.2) is 53.6 Å². The van der Waals surface area contributed by atoms with E-state index in [9.17, 15) is 4.79 Å². The first-order valence-corrected chi connectivity index (χ1v) is 10.3. The molecule has 150 valence electrons. The lowest BCUT2D eigenvalue weighted by atomic mass is 10.1. The Balaban J connectivity index is 1.65. The molecule has 0 heterocycles. The van der Waals surface area contributed by atoms with E-state index in [4.69, 9.17) is 4.74 Å². The molecule has 28 heavy (non-hydrogen) atoms. The molecule has 0 saturated carbocycles. The second kappa shape index (κ2) is 12.7. The van der Waals surface area contributed by atoms with Gasteiger partial charge in [0.15, 0.2) is 0 Å². The highest BCUT2D eigenvalue weighted by Crippen LogP contribution is 2.14. The van der Waals surface area contributed by atoms with Gasteiger partial charge in [-0.15, -0.1) is 0 Å². The van der Waals surface area contributed by atoms with Crippen LogP contribution in [0.4, 0.5) is 0 Å². The Morgan fingerprint density at radius 3 is 2.36 bits per heavy atom. The summed E-state index contributed by atoms with van der Waals surface area (Å²) in [6, 6.07) is 16.0. The Bertz CT molecular complexity index is 721. The molecule has 2 aromatic rings. The van der Waals surface area contributed by atoms with Crippen molar-refractivity contribution < 1.29 is 9.53 Å². The number of carbonyl (C=O) groups excluding carboxylic acids is 1. The molecular weight excluding hydrogens is 348 g/mol. The van der Waals surface area contributed by atoms with Crippen molar-refractivity contribution in [1.82, 2.24) is 5.43 Å². The van der Waals surface area contributed by atoms with E-state index < -0.39 is 0 Å². The molecule has 0 fully saturated rings. The van der Waals surface area contributed by atoms with Crippen LogP contribution in [-0.2, 0) is 11.4 Å². The number of nitrogens with one attached hydrogen (secondary N) is 1. The molecule has 1 N–H and O–H groups in total. The number of hydrogen-bond acceptors (Lipinski definition) is 3. The van der Waals surface area contributed by atoms with Gasteiger partial charge >= 0.3 is 0 Å². The highest BCUT2D eigenvalue weighted by Gasteiger charge is 2.00. The van der Waals surface area contributed by atoms with Gasteiger partial charge in [-0.25, -0.2) is 5.43 Å². The minimum Gasteiger partial charge on any atom is -0.489 e. The maximum Gasteiger partial charge on any atom is 0.240 e. The fourth-order valence-corrected chi connectivity index (χ4v) is 2.80. The summed E-state index contributed by atoms with van der Waals surface area (Å²) in [7, 11) is 0. The molecule has 0 atom stereocenters. The lowest BCUT2D eigenvalue weighted by molar-refractivity contribution is -0.121. The Morgan fingerprint density at radius 1 is 0.964 bits per heavy atom. The molecule has 4 nitrogen and oxygen atoms in total. The topological polar surface area (TPSA) is 50.7 Å². The van der Waals surface area contributed by atoms with E-state index in [-0.39, 0.29) is 5.91 Å². The van der Waals surface area contributed by atoms with Gasteiger partial charge in [0.25, 0.3) is 0 Å². The van der Waals surface area contributed by atoms with Crippen molar-refractivity contribution in [2.45, 2.75) is 65.4 Å². The first-order chi connectivity index (χ1) is 13.7. The quantitative estimate of drug-likeness (QED) is 0.288. The number of hydrogen-bond donors (Lipinski definition) is 1. The average molecular weight is 381 g/mol. The third-order valence-electron chi connectivity index (χ3n) is 4.57. The number of benzene rings is 2. The zero-order valence-corrected chi connectivity index (χ0v) is 17.1. The normalized spacial score (nSPS) is 10.9. The summed E-state index contributed by atoms with van der Waals surface area (Å²) in [5, 5.41) is 4.04. The molecule has 0 radical (unpaired) electrons. The van der Waals surface area contributed by atoms with Crippen LogP contribution in [0.1, 0.15) is 68.6 Å². The smallest absolute Gasteiger partial charge is 0.240 e. The second-order valence-corrected chi connectivity index (χ2v) is 7.15. The van der Waals surface area contributed by atoms with E-state index in [0.717, 1.165) is 29.7 Å². The molecule has 0 aliphatic rings. The number of unbranched alkanes of at least 4 members (excludes halogenated alkanes) is 5. The number of nitrogens with zero attached hydrogens (tertiary/aromatic N) is 1. The number of amides is 1. The Hall–Kier alpha value is -2.62. The Kier molecular flexibility index (Phi) is 9.84. The van der Waals surface area contributed by atoms with Crippen molar-refractivity contribution in [3.05, 3.63) is 65.2 Å². The highest BCUT2D eigenvalue weighted by atomic mass is 16.5. The summed E-state index contributed by atoms with van der Waals surface area (Å²) in [6.45, 7) is 4.82. The fraction of sp³-hybridized carbons (Fsp3) is 0.417. The molecular formula is C24H32N2O2. The van der Waals surface area contributed by atoms with Gasteiger partial charge in [-0.1, -0.05) is 68.9 Å². The third-order valence-corrected chi connectivity index (χ3v) is 4.57. The van der Waals surface area contributed by atoms with Gasteiger partial charge in [0.2, 0.25) is 5.91 Å². The van der Waals surface area contributed by atoms with Crippen molar-refractivity contribution >= 4 is 12.1 Å². The maximum atomic E-state index is 11.8. The van der Waals surface area contributed by atoms with Crippen molar-refractivity contribution in [1.29, 1.82) is 0 Å². The lowest BCUT2D eigenvalue weighted by Crippen LogP contribution is -2.16. The molecule has 0 unspecified atom stereocenters. The van der Waals surface area contributed by atoms with E-state index in [0.29, 0.717) is 13.0 Å². The summed E-state index contributed by atoms with van der Waals surface area (Å²) in [5.41, 5.74) is 5.90. The zero-order chi connectivity index (χ0) is 20.0. The van der Waals surface area contributed by atoms with Crippen LogP contribution in [0.25, 0.3) is 0 Å². The summed E-state index contributed by atoms with van der Waals surface area (Å²) in [4.78, 5) is 11.8. The van der Waals surface area contributed by atoms with E-state index >= 15 is 0 Å². The standard InChI is InChI=1S/C24H32N2O2/c1-3-4-5-6-7-8-9-24(27)26-25-18-21-14-16-23(17-15-21)28-19-22-12-10-20(2)11-13-22/h10-18H,3-9,19H2,1-2H3,(H,26,27)/b25-18-. The van der Waals surface area contributed by atoms with Crippen molar-refractivity contribution in [2.75, 3.05) is 0 Å². The van der Waals surface area contributed by atoms with Crippen LogP contribution in [-0.4, -0.2) is 12.1 Å². The van der Waals surface area contributed by atoms with Crippen LogP contribution in [0, 0.1) is 6.92 Å². The van der Waals surface area contributed by atoms with Gasteiger partial charge in [0, 0.05) is 6.42 Å². The first kappa shape index (κ1) is 21.7. The number of aryl methyl sites for hydroxylation is 1. The molecule has 0 aromatic heterocycles. The lowest BCUT2D eigenvalue weighted by Gasteiger charge is -2.07. The van der Waals surface area contributed by atoms with Crippen LogP contribution >= 0.6 is 0 Å². The first-order valence-electron chi connectivity index (χ1n) is 10.3. The zero-order valence-electron chi connectivity index (χ0n) is 17.1. The fourth-order valence-electron chi connectivity index (χ4n) is 2.80. The van der Waals surface area contributed by atoms with E-state index in [2.05, 4.69) is 48.6 Å². The monoisotopic (exact) mass is 380 g/mol. The van der Waals surface area contributed by atoms with Crippen LogP contribution in [0.3, 0.4) is 0 Å². The van der Waals surface area contributed by atoms with Crippen LogP contribution < -0.4 is 10.2 Å². The SMILES string of the molecule is CCCCCCCCC(=O)N/N=C\c1ccc(OCc2ccc(C)cc2)cc1. The van der Waals surface area contributed by atoms with Gasteiger partial charge in [-0.3, -0.25) is 4.79 Å². The molecule has 4 heteroatoms. The minimum atomic E-state index is -0.0233. The molecule has 0 aliphatic heterocycles. The van der Waals surface area contributed by atoms with Gasteiger partial charge in [0.1, 0.15) is 12.4 Å². The summed E-state index contributed by atoms with van der Waals surface area (Å²) >= 11 is 0. The largest absolute Gasteiger partial charge is 0.489 e. The van der Waals surface area contributed by atoms with Gasteiger partial charge in [-0.2, -0.15) is 5.10 Å². The number of rotatable bonds is 12. The predicted octanol–water partition coefficient (Wildman–Crippen LogP) is 5.77. The molecule has 0 saturated heterocycles. The highest BCUT2D eigenvalue weighted by molar-refractivity contribution is 5.82. The maximum absolute atomic E-state index is 11.8. The van der Waals surface area contributed by atoms with Gasteiger partial charge < -0.3 is 4.74 Å². The average Bonchev–Trinajstić information content (AvgIpc) is 2.71. The molecule has 0 aliphatic carbocycles. The van der Waals surface area contributed by atoms with Crippen molar-refractivity contribution in [2.24, 2.45) is 5.10 Å². The van der Waals surface area contributed by atoms with Crippen molar-refractivity contribution in [3.63, 3.8) is 0 Å². The summed E-state index contributed by atoms with van der Waals surface area (Å²) in [5.74, 6) is 0.787. The van der Waals surface area contributed by atoms with Gasteiger partial charge in [-0.05, 0) is 48.7 Å². The summed E-state index contributed by atoms with van der Waals surface area (Å²) < 4.78 is 5.79. The summed E-state index contributed by atoms with van der Waals surface area (Å²) in [6.07, 6.45) is 9.24. The third kappa shape index (κ3) is 8.85. The molecule has 0 spiro atoms. The molecule has 2 aromatic carbocycles. The van der Waals surface area contributed by atoms with E-state index in [1.54, 1.807) is 6.21 Å². The van der Waals surface area contributed by atoms with E-state index in [1.165, 1.54) is 31.2 Å². The number of carbonyl (C=O) groups is 1. The van der Waals surface area contributed by atoms with Crippen LogP contribution in [0.5, 0.6) is 5.75 Å². The predicted molar refractivity (Wildman–Crippen MR) is 116 cm³/mol. The van der Waals surface area contributed by atoms with Crippen LogP contribution in [0.2, 0.25) is 0 Å². The second-order valence-electron chi connectivity index (χ2n) is 7.15. The Morgan fingerprint density at radius 2 is 1.64 bits per heavy atom. The van der Waals surface area contributed by atoms with E-state index in [1.807, 2.05) is 24.3 Å². The van der Waals surface area contributed by atoms with Gasteiger partial charge in [0.05, 0.1) is 6.21 Å².